The third-order valence-corrected chi connectivity index (χ3v) is 4.69. The fraction of sp³-hybridized carbons (Fsp3) is 0.292. The third-order valence-electron chi connectivity index (χ3n) is 4.69. The second-order valence-electron chi connectivity index (χ2n) is 6.94. The van der Waals surface area contributed by atoms with E-state index in [9.17, 15) is 9.90 Å². The van der Waals surface area contributed by atoms with E-state index in [1.807, 2.05) is 42.5 Å². The molecule has 5 heteroatoms. The van der Waals surface area contributed by atoms with E-state index in [-0.39, 0.29) is 0 Å². The van der Waals surface area contributed by atoms with E-state index in [0.717, 1.165) is 17.9 Å². The highest BCUT2D eigenvalue weighted by atomic mass is 16.5. The molecule has 0 aliphatic rings. The molecule has 0 saturated heterocycles. The molecule has 0 amide bonds. The molecule has 0 bridgehead atoms. The average Bonchev–Trinajstić information content (AvgIpc) is 3.10. The molecule has 0 saturated carbocycles. The predicted molar refractivity (Wildman–Crippen MR) is 113 cm³/mol. The number of benzene rings is 2. The molecule has 3 aromatic rings. The molecule has 0 aliphatic carbocycles. The van der Waals surface area contributed by atoms with Crippen molar-refractivity contribution < 1.29 is 19.4 Å². The van der Waals surface area contributed by atoms with Crippen molar-refractivity contribution in [2.45, 2.75) is 32.9 Å². The molecule has 1 aromatic heterocycles. The van der Waals surface area contributed by atoms with Gasteiger partial charge in [0.15, 0.2) is 6.10 Å². The summed E-state index contributed by atoms with van der Waals surface area (Å²) in [6, 6.07) is 20.0. The third kappa shape index (κ3) is 5.72. The topological polar surface area (TPSA) is 60.7 Å². The van der Waals surface area contributed by atoms with Crippen molar-refractivity contribution in [1.29, 1.82) is 0 Å². The van der Waals surface area contributed by atoms with Gasteiger partial charge in [-0.15, -0.1) is 0 Å². The van der Waals surface area contributed by atoms with E-state index in [2.05, 4.69) is 35.9 Å². The summed E-state index contributed by atoms with van der Waals surface area (Å²) in [7, 11) is 0. The van der Waals surface area contributed by atoms with Crippen molar-refractivity contribution in [2.24, 2.45) is 0 Å². The minimum absolute atomic E-state index is 0.340. The quantitative estimate of drug-likeness (QED) is 0.548. The number of hydrogen-bond acceptors (Lipinski definition) is 3. The fourth-order valence-corrected chi connectivity index (χ4v) is 3.31. The lowest BCUT2D eigenvalue weighted by Crippen LogP contribution is -2.26. The standard InChI is InChI=1S/C24H27NO4/c1-3-28-23(24(26)27)16-19-9-11-21(12-10-19)29-14-13-25-17-18(2)15-22(25)20-7-5-4-6-8-20/h4-12,15,17,23H,3,13-14,16H2,1-2H3,(H,26,27). The Labute approximate surface area is 171 Å². The molecule has 152 valence electrons. The second kappa shape index (κ2) is 9.94. The largest absolute Gasteiger partial charge is 0.492 e. The minimum atomic E-state index is -0.941. The van der Waals surface area contributed by atoms with Crippen LogP contribution in [0.15, 0.2) is 66.9 Å². The fourth-order valence-electron chi connectivity index (χ4n) is 3.31. The molecule has 0 fully saturated rings. The minimum Gasteiger partial charge on any atom is -0.492 e. The molecular formula is C24H27NO4. The summed E-state index contributed by atoms with van der Waals surface area (Å²) in [5.41, 5.74) is 4.49. The highest BCUT2D eigenvalue weighted by molar-refractivity contribution is 5.72. The van der Waals surface area contributed by atoms with Crippen LogP contribution in [0.2, 0.25) is 0 Å². The molecule has 5 nitrogen and oxygen atoms in total. The molecule has 29 heavy (non-hydrogen) atoms. The summed E-state index contributed by atoms with van der Waals surface area (Å²) < 4.78 is 13.4. The van der Waals surface area contributed by atoms with Gasteiger partial charge in [0.25, 0.3) is 0 Å². The van der Waals surface area contributed by atoms with Gasteiger partial charge in [-0.25, -0.2) is 4.79 Å². The predicted octanol–water partition coefficient (Wildman–Crippen LogP) is 4.57. The van der Waals surface area contributed by atoms with Gasteiger partial charge in [0, 0.05) is 24.9 Å². The lowest BCUT2D eigenvalue weighted by atomic mass is 10.1. The van der Waals surface area contributed by atoms with Crippen molar-refractivity contribution >= 4 is 5.97 Å². The summed E-state index contributed by atoms with van der Waals surface area (Å²) in [5.74, 6) is -0.175. The Kier molecular flexibility index (Phi) is 7.09. The number of hydrogen-bond donors (Lipinski definition) is 1. The second-order valence-corrected chi connectivity index (χ2v) is 6.94. The van der Waals surface area contributed by atoms with Gasteiger partial charge in [-0.3, -0.25) is 0 Å². The van der Waals surface area contributed by atoms with Crippen LogP contribution in [-0.2, 0) is 22.5 Å². The maximum Gasteiger partial charge on any atom is 0.333 e. The maximum atomic E-state index is 11.2. The molecule has 1 unspecified atom stereocenters. The number of nitrogens with zero attached hydrogens (tertiary/aromatic N) is 1. The first kappa shape index (κ1) is 20.7. The SMILES string of the molecule is CCOC(Cc1ccc(OCCn2cc(C)cc2-c2ccccc2)cc1)C(=O)O. The monoisotopic (exact) mass is 393 g/mol. The van der Waals surface area contributed by atoms with Crippen molar-refractivity contribution in [2.75, 3.05) is 13.2 Å². The van der Waals surface area contributed by atoms with Gasteiger partial charge < -0.3 is 19.1 Å². The van der Waals surface area contributed by atoms with Gasteiger partial charge in [-0.1, -0.05) is 42.5 Å². The van der Waals surface area contributed by atoms with Gasteiger partial charge in [-0.05, 0) is 48.7 Å². The first-order chi connectivity index (χ1) is 14.1. The number of carboxylic acid groups (broad SMARTS) is 1. The summed E-state index contributed by atoms with van der Waals surface area (Å²) in [6.07, 6.45) is 1.65. The lowest BCUT2D eigenvalue weighted by Gasteiger charge is -2.13. The van der Waals surface area contributed by atoms with E-state index in [1.165, 1.54) is 16.8 Å². The van der Waals surface area contributed by atoms with Crippen LogP contribution in [0.25, 0.3) is 11.3 Å². The van der Waals surface area contributed by atoms with E-state index >= 15 is 0 Å². The average molecular weight is 393 g/mol. The van der Waals surface area contributed by atoms with Gasteiger partial charge in [0.2, 0.25) is 0 Å². The van der Waals surface area contributed by atoms with E-state index in [1.54, 1.807) is 6.92 Å². The maximum absolute atomic E-state index is 11.2. The molecule has 1 atom stereocenters. The normalized spacial score (nSPS) is 11.9. The smallest absolute Gasteiger partial charge is 0.333 e. The molecule has 0 aliphatic heterocycles. The van der Waals surface area contributed by atoms with Gasteiger partial charge in [0.1, 0.15) is 12.4 Å². The Balaban J connectivity index is 1.57. The summed E-state index contributed by atoms with van der Waals surface area (Å²) >= 11 is 0. The van der Waals surface area contributed by atoms with Crippen LogP contribution >= 0.6 is 0 Å². The molecular weight excluding hydrogens is 366 g/mol. The van der Waals surface area contributed by atoms with Crippen molar-refractivity contribution in [3.05, 3.63) is 78.0 Å². The Hall–Kier alpha value is -3.05. The zero-order valence-corrected chi connectivity index (χ0v) is 16.9. The van der Waals surface area contributed by atoms with Crippen LogP contribution in [0.4, 0.5) is 0 Å². The Bertz CT molecular complexity index is 916. The van der Waals surface area contributed by atoms with E-state index in [0.29, 0.717) is 19.6 Å². The molecule has 1 heterocycles. The first-order valence-corrected chi connectivity index (χ1v) is 9.85. The molecule has 1 N–H and O–H groups in total. The summed E-state index contributed by atoms with van der Waals surface area (Å²) in [5, 5.41) is 9.20. The van der Waals surface area contributed by atoms with Crippen molar-refractivity contribution in [1.82, 2.24) is 4.57 Å². The van der Waals surface area contributed by atoms with Crippen molar-refractivity contribution in [3.63, 3.8) is 0 Å². The zero-order chi connectivity index (χ0) is 20.6. The highest BCUT2D eigenvalue weighted by Gasteiger charge is 2.17. The molecule has 2 aromatic carbocycles. The number of carbonyl (C=O) groups is 1. The number of aryl methyl sites for hydroxylation is 1. The van der Waals surface area contributed by atoms with Crippen LogP contribution in [0.3, 0.4) is 0 Å². The van der Waals surface area contributed by atoms with Crippen LogP contribution in [0.5, 0.6) is 5.75 Å². The van der Waals surface area contributed by atoms with Gasteiger partial charge in [0.05, 0.1) is 6.54 Å². The lowest BCUT2D eigenvalue weighted by molar-refractivity contribution is -0.149. The van der Waals surface area contributed by atoms with Crippen molar-refractivity contribution in [3.8, 4) is 17.0 Å². The highest BCUT2D eigenvalue weighted by Crippen LogP contribution is 2.22. The molecule has 3 rings (SSSR count). The Morgan fingerprint density at radius 2 is 1.83 bits per heavy atom. The summed E-state index contributed by atoms with van der Waals surface area (Å²) in [4.78, 5) is 11.2. The first-order valence-electron chi connectivity index (χ1n) is 9.85. The van der Waals surface area contributed by atoms with Gasteiger partial charge in [-0.2, -0.15) is 0 Å². The molecule has 0 radical (unpaired) electrons. The number of ether oxygens (including phenoxy) is 2. The van der Waals surface area contributed by atoms with Crippen LogP contribution in [0, 0.1) is 6.92 Å². The Morgan fingerprint density at radius 3 is 2.48 bits per heavy atom. The zero-order valence-electron chi connectivity index (χ0n) is 16.9. The van der Waals surface area contributed by atoms with Gasteiger partial charge >= 0.3 is 5.97 Å². The van der Waals surface area contributed by atoms with E-state index in [4.69, 9.17) is 9.47 Å². The van der Waals surface area contributed by atoms with Crippen LogP contribution in [0.1, 0.15) is 18.1 Å². The summed E-state index contributed by atoms with van der Waals surface area (Å²) in [6.45, 7) is 5.55. The van der Waals surface area contributed by atoms with E-state index < -0.39 is 12.1 Å². The Morgan fingerprint density at radius 1 is 1.10 bits per heavy atom. The number of carboxylic acids is 1. The number of aliphatic carboxylic acids is 1. The van der Waals surface area contributed by atoms with Crippen LogP contribution < -0.4 is 4.74 Å². The number of aromatic nitrogens is 1. The number of rotatable bonds is 10. The molecule has 0 spiro atoms. The van der Waals surface area contributed by atoms with Crippen LogP contribution in [-0.4, -0.2) is 35.0 Å².